The van der Waals surface area contributed by atoms with E-state index in [0.29, 0.717) is 6.54 Å². The van der Waals surface area contributed by atoms with Crippen LogP contribution in [0.2, 0.25) is 0 Å². The summed E-state index contributed by atoms with van der Waals surface area (Å²) in [6.45, 7) is 4.82. The third-order valence-electron chi connectivity index (χ3n) is 2.39. The molecule has 0 saturated carbocycles. The first-order valence-electron chi connectivity index (χ1n) is 5.04. The second-order valence-electron chi connectivity index (χ2n) is 3.61. The van der Waals surface area contributed by atoms with Crippen LogP contribution in [0.1, 0.15) is 25.0 Å². The van der Waals surface area contributed by atoms with Crippen LogP contribution in [0.5, 0.6) is 0 Å². The van der Waals surface area contributed by atoms with Crippen LogP contribution in [0.4, 0.5) is 0 Å². The standard InChI is InChI=1S/C12H13NOS2/c1-8-6-10(16-9(8)2)7-13-12(14)11-4-3-5-15-11/h3-6H,7H2,1-2H3,(H,13,14). The number of rotatable bonds is 3. The van der Waals surface area contributed by atoms with Crippen molar-refractivity contribution < 1.29 is 4.79 Å². The Kier molecular flexibility index (Phi) is 3.41. The van der Waals surface area contributed by atoms with E-state index in [-0.39, 0.29) is 5.91 Å². The second kappa shape index (κ2) is 4.80. The Morgan fingerprint density at radius 2 is 2.25 bits per heavy atom. The molecular weight excluding hydrogens is 238 g/mol. The zero-order chi connectivity index (χ0) is 11.5. The average molecular weight is 251 g/mol. The fourth-order valence-corrected chi connectivity index (χ4v) is 3.03. The highest BCUT2D eigenvalue weighted by atomic mass is 32.1. The fraction of sp³-hybridized carbons (Fsp3) is 0.250. The lowest BCUT2D eigenvalue weighted by Gasteiger charge is -2.00. The van der Waals surface area contributed by atoms with Crippen LogP contribution in [0, 0.1) is 13.8 Å². The minimum atomic E-state index is 0.0127. The van der Waals surface area contributed by atoms with Gasteiger partial charge in [0.2, 0.25) is 0 Å². The van der Waals surface area contributed by atoms with E-state index in [1.165, 1.54) is 26.7 Å². The molecule has 0 radical (unpaired) electrons. The number of carbonyl (C=O) groups is 1. The Bertz CT molecular complexity index is 466. The molecule has 0 fully saturated rings. The molecule has 0 spiro atoms. The van der Waals surface area contributed by atoms with Gasteiger partial charge in [0.1, 0.15) is 0 Å². The first kappa shape index (κ1) is 11.4. The molecule has 2 heterocycles. The van der Waals surface area contributed by atoms with Crippen LogP contribution in [-0.2, 0) is 6.54 Å². The molecule has 84 valence electrons. The molecule has 1 amide bonds. The number of aryl methyl sites for hydroxylation is 2. The summed E-state index contributed by atoms with van der Waals surface area (Å²) in [5, 5.41) is 4.83. The van der Waals surface area contributed by atoms with Crippen molar-refractivity contribution in [1.29, 1.82) is 0 Å². The molecule has 2 aromatic rings. The van der Waals surface area contributed by atoms with Gasteiger partial charge in [0.05, 0.1) is 11.4 Å². The summed E-state index contributed by atoms with van der Waals surface area (Å²) < 4.78 is 0. The molecule has 0 atom stereocenters. The summed E-state index contributed by atoms with van der Waals surface area (Å²) in [5.74, 6) is 0.0127. The molecule has 0 aliphatic carbocycles. The minimum Gasteiger partial charge on any atom is -0.346 e. The smallest absolute Gasteiger partial charge is 0.261 e. The maximum absolute atomic E-state index is 11.7. The van der Waals surface area contributed by atoms with Crippen LogP contribution < -0.4 is 5.32 Å². The van der Waals surface area contributed by atoms with E-state index in [2.05, 4.69) is 25.2 Å². The van der Waals surface area contributed by atoms with Gasteiger partial charge < -0.3 is 5.32 Å². The van der Waals surface area contributed by atoms with Gasteiger partial charge in [0.25, 0.3) is 5.91 Å². The van der Waals surface area contributed by atoms with E-state index in [1.807, 2.05) is 17.5 Å². The molecule has 1 N–H and O–H groups in total. The Balaban J connectivity index is 1.95. The largest absolute Gasteiger partial charge is 0.346 e. The van der Waals surface area contributed by atoms with Crippen LogP contribution >= 0.6 is 22.7 Å². The third kappa shape index (κ3) is 2.51. The molecule has 2 aromatic heterocycles. The maximum Gasteiger partial charge on any atom is 0.261 e. The van der Waals surface area contributed by atoms with Gasteiger partial charge in [-0.05, 0) is 36.9 Å². The van der Waals surface area contributed by atoms with Crippen molar-refractivity contribution in [1.82, 2.24) is 5.32 Å². The van der Waals surface area contributed by atoms with Gasteiger partial charge in [-0.1, -0.05) is 6.07 Å². The Hall–Kier alpha value is -1.13. The number of carbonyl (C=O) groups excluding carboxylic acids is 1. The maximum atomic E-state index is 11.7. The topological polar surface area (TPSA) is 29.1 Å². The van der Waals surface area contributed by atoms with E-state index in [0.717, 1.165) is 4.88 Å². The van der Waals surface area contributed by atoms with Gasteiger partial charge in [-0.3, -0.25) is 4.79 Å². The predicted octanol–water partition coefficient (Wildman–Crippen LogP) is 3.36. The van der Waals surface area contributed by atoms with E-state index >= 15 is 0 Å². The number of nitrogens with one attached hydrogen (secondary N) is 1. The summed E-state index contributed by atoms with van der Waals surface area (Å²) in [6, 6.07) is 5.86. The zero-order valence-electron chi connectivity index (χ0n) is 9.24. The van der Waals surface area contributed by atoms with Crippen molar-refractivity contribution in [3.63, 3.8) is 0 Å². The summed E-state index contributed by atoms with van der Waals surface area (Å²) >= 11 is 3.21. The van der Waals surface area contributed by atoms with E-state index in [1.54, 1.807) is 11.3 Å². The van der Waals surface area contributed by atoms with Gasteiger partial charge in [-0.25, -0.2) is 0 Å². The average Bonchev–Trinajstić information content (AvgIpc) is 2.86. The van der Waals surface area contributed by atoms with Crippen LogP contribution in [0.15, 0.2) is 23.6 Å². The summed E-state index contributed by atoms with van der Waals surface area (Å²) in [7, 11) is 0. The van der Waals surface area contributed by atoms with Crippen molar-refractivity contribution in [2.24, 2.45) is 0 Å². The fourth-order valence-electron chi connectivity index (χ4n) is 1.40. The predicted molar refractivity (Wildman–Crippen MR) is 69.3 cm³/mol. The SMILES string of the molecule is Cc1cc(CNC(=O)c2cccs2)sc1C. The zero-order valence-corrected chi connectivity index (χ0v) is 10.9. The number of hydrogen-bond donors (Lipinski definition) is 1. The van der Waals surface area contributed by atoms with Crippen LogP contribution in [0.3, 0.4) is 0 Å². The van der Waals surface area contributed by atoms with E-state index < -0.39 is 0 Å². The quantitative estimate of drug-likeness (QED) is 0.890. The minimum absolute atomic E-state index is 0.0127. The molecule has 2 rings (SSSR count). The van der Waals surface area contributed by atoms with Gasteiger partial charge in [-0.15, -0.1) is 22.7 Å². The molecule has 0 aliphatic heterocycles. The van der Waals surface area contributed by atoms with E-state index in [9.17, 15) is 4.79 Å². The van der Waals surface area contributed by atoms with Crippen molar-refractivity contribution in [2.45, 2.75) is 20.4 Å². The molecule has 0 saturated heterocycles. The number of hydrogen-bond acceptors (Lipinski definition) is 3. The highest BCUT2D eigenvalue weighted by Crippen LogP contribution is 2.20. The lowest BCUT2D eigenvalue weighted by Crippen LogP contribution is -2.21. The lowest BCUT2D eigenvalue weighted by atomic mass is 10.3. The molecule has 4 heteroatoms. The van der Waals surface area contributed by atoms with Crippen molar-refractivity contribution in [3.05, 3.63) is 43.8 Å². The Labute approximate surface area is 103 Å². The molecule has 16 heavy (non-hydrogen) atoms. The molecule has 0 unspecified atom stereocenters. The normalized spacial score (nSPS) is 10.4. The molecule has 0 aliphatic rings. The number of thiophene rings is 2. The van der Waals surface area contributed by atoms with Gasteiger partial charge >= 0.3 is 0 Å². The first-order chi connectivity index (χ1) is 7.66. The van der Waals surface area contributed by atoms with E-state index in [4.69, 9.17) is 0 Å². The van der Waals surface area contributed by atoms with Gasteiger partial charge in [0, 0.05) is 9.75 Å². The van der Waals surface area contributed by atoms with Gasteiger partial charge in [0.15, 0.2) is 0 Å². The van der Waals surface area contributed by atoms with Gasteiger partial charge in [-0.2, -0.15) is 0 Å². The molecule has 2 nitrogen and oxygen atoms in total. The van der Waals surface area contributed by atoms with Crippen molar-refractivity contribution in [2.75, 3.05) is 0 Å². The van der Waals surface area contributed by atoms with Crippen molar-refractivity contribution in [3.8, 4) is 0 Å². The van der Waals surface area contributed by atoms with Crippen molar-refractivity contribution >= 4 is 28.6 Å². The van der Waals surface area contributed by atoms with Crippen LogP contribution in [-0.4, -0.2) is 5.91 Å². The second-order valence-corrected chi connectivity index (χ2v) is 5.90. The number of amides is 1. The Morgan fingerprint density at radius 1 is 1.44 bits per heavy atom. The highest BCUT2D eigenvalue weighted by molar-refractivity contribution is 7.12. The monoisotopic (exact) mass is 251 g/mol. The molecule has 0 bridgehead atoms. The molecule has 0 aromatic carbocycles. The third-order valence-corrected chi connectivity index (χ3v) is 4.41. The highest BCUT2D eigenvalue weighted by Gasteiger charge is 2.07. The summed E-state index contributed by atoms with van der Waals surface area (Å²) in [6.07, 6.45) is 0. The Morgan fingerprint density at radius 3 is 2.81 bits per heavy atom. The molecular formula is C12H13NOS2. The first-order valence-corrected chi connectivity index (χ1v) is 6.74. The van der Waals surface area contributed by atoms with Crippen LogP contribution in [0.25, 0.3) is 0 Å². The summed E-state index contributed by atoms with van der Waals surface area (Å²) in [5.41, 5.74) is 1.30. The summed E-state index contributed by atoms with van der Waals surface area (Å²) in [4.78, 5) is 15.0. The lowest BCUT2D eigenvalue weighted by molar-refractivity contribution is 0.0955.